The Hall–Kier alpha value is -3.18. The second-order valence-corrected chi connectivity index (χ2v) is 5.36. The Morgan fingerprint density at radius 3 is 2.21 bits per heavy atom. The highest BCUT2D eigenvalue weighted by Crippen LogP contribution is 2.35. The SMILES string of the molecule is O=C(CNc1ccc(OC(F)F)cc1OC(F)F)Nc1ccccc1C(F)(F)F. The zero-order valence-corrected chi connectivity index (χ0v) is 14.3. The van der Waals surface area contributed by atoms with E-state index >= 15 is 0 Å². The number of carbonyl (C=O) groups excluding carboxylic acids is 1. The predicted octanol–water partition coefficient (Wildman–Crippen LogP) is 4.96. The summed E-state index contributed by atoms with van der Waals surface area (Å²) < 4.78 is 96.5. The summed E-state index contributed by atoms with van der Waals surface area (Å²) in [6, 6.07) is 7.04. The summed E-state index contributed by atoms with van der Waals surface area (Å²) in [7, 11) is 0. The number of nitrogens with one attached hydrogen (secondary N) is 2. The van der Waals surface area contributed by atoms with Crippen molar-refractivity contribution < 1.29 is 45.0 Å². The van der Waals surface area contributed by atoms with E-state index in [9.17, 15) is 35.5 Å². The van der Waals surface area contributed by atoms with Crippen LogP contribution in [0.15, 0.2) is 42.5 Å². The lowest BCUT2D eigenvalue weighted by Gasteiger charge is -2.16. The minimum absolute atomic E-state index is 0.189. The minimum Gasteiger partial charge on any atom is -0.435 e. The molecular weight excluding hydrogens is 413 g/mol. The van der Waals surface area contributed by atoms with Gasteiger partial charge in [0.15, 0.2) is 5.75 Å². The van der Waals surface area contributed by atoms with Crippen LogP contribution in [0, 0.1) is 0 Å². The summed E-state index contributed by atoms with van der Waals surface area (Å²) in [5.41, 5.74) is -1.74. The molecule has 0 spiro atoms. The van der Waals surface area contributed by atoms with Gasteiger partial charge in [0, 0.05) is 6.07 Å². The molecule has 0 radical (unpaired) electrons. The van der Waals surface area contributed by atoms with E-state index in [1.54, 1.807) is 0 Å². The average molecular weight is 426 g/mol. The molecule has 0 saturated carbocycles. The van der Waals surface area contributed by atoms with Gasteiger partial charge >= 0.3 is 19.4 Å². The minimum atomic E-state index is -4.70. The Labute approximate surface area is 159 Å². The molecule has 0 bridgehead atoms. The number of halogens is 7. The molecule has 5 nitrogen and oxygen atoms in total. The molecule has 0 unspecified atom stereocenters. The first-order chi connectivity index (χ1) is 13.6. The monoisotopic (exact) mass is 426 g/mol. The van der Waals surface area contributed by atoms with Crippen LogP contribution in [0.5, 0.6) is 11.5 Å². The van der Waals surface area contributed by atoms with Gasteiger partial charge in [0.25, 0.3) is 0 Å². The van der Waals surface area contributed by atoms with Gasteiger partial charge in [-0.25, -0.2) is 0 Å². The fraction of sp³-hybridized carbons (Fsp3) is 0.235. The van der Waals surface area contributed by atoms with Crippen LogP contribution in [0.25, 0.3) is 0 Å². The Kier molecular flexibility index (Phi) is 7.13. The van der Waals surface area contributed by atoms with Crippen molar-refractivity contribution in [1.82, 2.24) is 0 Å². The third-order valence-electron chi connectivity index (χ3n) is 3.34. The number of amides is 1. The van der Waals surface area contributed by atoms with Crippen LogP contribution in [-0.4, -0.2) is 25.7 Å². The molecular formula is C17H13F7N2O3. The maximum atomic E-state index is 12.9. The number of para-hydroxylation sites is 1. The van der Waals surface area contributed by atoms with Crippen LogP contribution >= 0.6 is 0 Å². The molecule has 2 N–H and O–H groups in total. The molecule has 2 aromatic carbocycles. The van der Waals surface area contributed by atoms with Gasteiger partial charge in [-0.3, -0.25) is 4.79 Å². The van der Waals surface area contributed by atoms with Gasteiger partial charge in [-0.2, -0.15) is 30.7 Å². The molecule has 29 heavy (non-hydrogen) atoms. The first-order valence-corrected chi connectivity index (χ1v) is 7.80. The van der Waals surface area contributed by atoms with Crippen LogP contribution in [0.3, 0.4) is 0 Å². The smallest absolute Gasteiger partial charge is 0.418 e. The Bertz CT molecular complexity index is 844. The Balaban J connectivity index is 2.10. The lowest BCUT2D eigenvalue weighted by molar-refractivity contribution is -0.137. The van der Waals surface area contributed by atoms with Crippen LogP contribution in [0.4, 0.5) is 42.1 Å². The summed E-state index contributed by atoms with van der Waals surface area (Å²) in [6.07, 6.45) is -4.70. The van der Waals surface area contributed by atoms with E-state index in [1.165, 1.54) is 6.07 Å². The first kappa shape index (κ1) is 22.1. The predicted molar refractivity (Wildman–Crippen MR) is 88.3 cm³/mol. The van der Waals surface area contributed by atoms with E-state index in [0.717, 1.165) is 36.4 Å². The number of carbonyl (C=O) groups is 1. The normalized spacial score (nSPS) is 11.5. The van der Waals surface area contributed by atoms with Crippen molar-refractivity contribution in [2.24, 2.45) is 0 Å². The molecule has 158 valence electrons. The van der Waals surface area contributed by atoms with Gasteiger partial charge in [-0.15, -0.1) is 0 Å². The third kappa shape index (κ3) is 6.73. The van der Waals surface area contributed by atoms with Crippen LogP contribution in [0.2, 0.25) is 0 Å². The van der Waals surface area contributed by atoms with E-state index in [-0.39, 0.29) is 5.69 Å². The number of rotatable bonds is 8. The summed E-state index contributed by atoms with van der Waals surface area (Å²) in [4.78, 5) is 12.0. The molecule has 2 rings (SSSR count). The van der Waals surface area contributed by atoms with Crippen molar-refractivity contribution in [3.8, 4) is 11.5 Å². The number of ether oxygens (including phenoxy) is 2. The fourth-order valence-corrected chi connectivity index (χ4v) is 2.23. The average Bonchev–Trinajstić information content (AvgIpc) is 2.59. The molecule has 12 heteroatoms. The third-order valence-corrected chi connectivity index (χ3v) is 3.34. The van der Waals surface area contributed by atoms with E-state index in [1.807, 2.05) is 0 Å². The molecule has 0 aliphatic heterocycles. The highest BCUT2D eigenvalue weighted by Gasteiger charge is 2.33. The lowest BCUT2D eigenvalue weighted by atomic mass is 10.1. The van der Waals surface area contributed by atoms with Gasteiger partial charge in [-0.1, -0.05) is 12.1 Å². The van der Waals surface area contributed by atoms with Gasteiger partial charge in [0.05, 0.1) is 23.5 Å². The maximum Gasteiger partial charge on any atom is 0.418 e. The van der Waals surface area contributed by atoms with E-state index in [4.69, 9.17) is 0 Å². The van der Waals surface area contributed by atoms with E-state index < -0.39 is 54.6 Å². The number of benzene rings is 2. The summed E-state index contributed by atoms with van der Waals surface area (Å²) >= 11 is 0. The topological polar surface area (TPSA) is 59.6 Å². The molecule has 0 aromatic heterocycles. The largest absolute Gasteiger partial charge is 0.435 e. The Morgan fingerprint density at radius 2 is 1.59 bits per heavy atom. The van der Waals surface area contributed by atoms with Crippen molar-refractivity contribution in [3.05, 3.63) is 48.0 Å². The highest BCUT2D eigenvalue weighted by molar-refractivity contribution is 5.94. The first-order valence-electron chi connectivity index (χ1n) is 7.80. The maximum absolute atomic E-state index is 12.9. The van der Waals surface area contributed by atoms with Gasteiger partial charge < -0.3 is 20.1 Å². The lowest BCUT2D eigenvalue weighted by Crippen LogP contribution is -2.24. The molecule has 0 heterocycles. The van der Waals surface area contributed by atoms with Crippen molar-refractivity contribution in [2.45, 2.75) is 19.4 Å². The van der Waals surface area contributed by atoms with Crippen LogP contribution in [-0.2, 0) is 11.0 Å². The number of hydrogen-bond acceptors (Lipinski definition) is 4. The molecule has 0 fully saturated rings. The zero-order chi connectivity index (χ0) is 21.6. The van der Waals surface area contributed by atoms with Crippen molar-refractivity contribution in [1.29, 1.82) is 0 Å². The fourth-order valence-electron chi connectivity index (χ4n) is 2.23. The summed E-state index contributed by atoms with van der Waals surface area (Å²) in [5.74, 6) is -1.98. The van der Waals surface area contributed by atoms with Crippen molar-refractivity contribution in [3.63, 3.8) is 0 Å². The number of hydrogen-bond donors (Lipinski definition) is 2. The summed E-state index contributed by atoms with van der Waals surface area (Å²) in [5, 5.41) is 4.43. The second kappa shape index (κ2) is 9.34. The van der Waals surface area contributed by atoms with Gasteiger partial charge in [0.1, 0.15) is 5.75 Å². The number of anilines is 2. The molecule has 0 aliphatic carbocycles. The van der Waals surface area contributed by atoms with Gasteiger partial charge in [0.2, 0.25) is 5.91 Å². The quantitative estimate of drug-likeness (QED) is 0.586. The van der Waals surface area contributed by atoms with Crippen molar-refractivity contribution in [2.75, 3.05) is 17.2 Å². The van der Waals surface area contributed by atoms with E-state index in [2.05, 4.69) is 20.1 Å². The molecule has 0 saturated heterocycles. The standard InChI is InChI=1S/C17H13F7N2O3/c18-15(19)28-9-5-6-12(13(7-9)29-16(20)21)25-8-14(27)26-11-4-2-1-3-10(11)17(22,23)24/h1-7,15-16,25H,8H2,(H,26,27). The van der Waals surface area contributed by atoms with Gasteiger partial charge in [-0.05, 0) is 24.3 Å². The molecule has 2 aromatic rings. The summed E-state index contributed by atoms with van der Waals surface area (Å²) in [6.45, 7) is -7.13. The zero-order valence-electron chi connectivity index (χ0n) is 14.3. The molecule has 1 amide bonds. The van der Waals surface area contributed by atoms with Crippen molar-refractivity contribution >= 4 is 17.3 Å². The molecule has 0 atom stereocenters. The Morgan fingerprint density at radius 1 is 0.931 bits per heavy atom. The highest BCUT2D eigenvalue weighted by atomic mass is 19.4. The van der Waals surface area contributed by atoms with E-state index in [0.29, 0.717) is 0 Å². The number of alkyl halides is 7. The molecule has 0 aliphatic rings. The van der Waals surface area contributed by atoms with Crippen LogP contribution in [0.1, 0.15) is 5.56 Å². The second-order valence-electron chi connectivity index (χ2n) is 5.36. The van der Waals surface area contributed by atoms with Crippen LogP contribution < -0.4 is 20.1 Å².